The van der Waals surface area contributed by atoms with Crippen molar-refractivity contribution in [2.24, 2.45) is 0 Å². The molecule has 0 aliphatic rings. The highest BCUT2D eigenvalue weighted by Crippen LogP contribution is 2.04. The lowest BCUT2D eigenvalue weighted by molar-refractivity contribution is -0.0665. The Balaban J connectivity index is 0. The van der Waals surface area contributed by atoms with Crippen LogP contribution in [0.15, 0.2) is 11.8 Å². The highest BCUT2D eigenvalue weighted by Gasteiger charge is 2.40. The molecule has 0 unspecified atom stereocenters. The molecule has 8 heteroatoms. The zero-order valence-corrected chi connectivity index (χ0v) is 14.7. The molecular formula is C9H24O6Si2. The Morgan fingerprint density at radius 2 is 1.18 bits per heavy atom. The quantitative estimate of drug-likeness (QED) is 0.464. The van der Waals surface area contributed by atoms with Crippen molar-refractivity contribution in [3.8, 4) is 0 Å². The molecule has 0 saturated carbocycles. The van der Waals surface area contributed by atoms with E-state index in [0.717, 1.165) is 10.2 Å². The van der Waals surface area contributed by atoms with Gasteiger partial charge < -0.3 is 27.2 Å². The molecule has 0 bridgehead atoms. The van der Waals surface area contributed by atoms with E-state index in [-0.39, 0.29) is 6.29 Å². The summed E-state index contributed by atoms with van der Waals surface area (Å²) >= 11 is 0. The van der Waals surface area contributed by atoms with Crippen molar-refractivity contribution in [2.45, 2.75) is 6.29 Å². The number of methoxy groups -OCH3 is 2. The molecule has 0 aromatic heterocycles. The minimum Gasteiger partial charge on any atom is -0.355 e. The molecule has 0 rings (SSSR count). The van der Waals surface area contributed by atoms with Crippen LogP contribution in [0.3, 0.4) is 0 Å². The van der Waals surface area contributed by atoms with Gasteiger partial charge >= 0.3 is 9.05 Å². The molecule has 0 aromatic rings. The molecular weight excluding hydrogens is 260 g/mol. The highest BCUT2D eigenvalue weighted by molar-refractivity contribution is 6.53. The predicted octanol–water partition coefficient (Wildman–Crippen LogP) is -0.508. The standard InChI is InChI=1S/C5H12O2Si.C4H12O4Si/c1-6-5(7-2)3-4-8;1-5-9(6-2,7-3)8-4/h3-5H,1-2,8H3;1-4H3. The van der Waals surface area contributed by atoms with Gasteiger partial charge in [-0.1, -0.05) is 0 Å². The van der Waals surface area contributed by atoms with Gasteiger partial charge in [-0.05, 0) is 6.08 Å². The van der Waals surface area contributed by atoms with Gasteiger partial charge in [-0.15, -0.1) is 5.70 Å². The largest absolute Gasteiger partial charge is 0.678 e. The van der Waals surface area contributed by atoms with Crippen LogP contribution in [0.25, 0.3) is 0 Å². The maximum Gasteiger partial charge on any atom is 0.678 e. The van der Waals surface area contributed by atoms with Crippen LogP contribution in [-0.4, -0.2) is 68.2 Å². The van der Waals surface area contributed by atoms with Gasteiger partial charge in [0, 0.05) is 52.9 Å². The first-order valence-corrected chi connectivity index (χ1v) is 7.77. The van der Waals surface area contributed by atoms with Gasteiger partial charge in [0.15, 0.2) is 6.29 Å². The number of ether oxygens (including phenoxy) is 2. The minimum absolute atomic E-state index is 0.146. The molecule has 0 N–H and O–H groups in total. The van der Waals surface area contributed by atoms with Crippen molar-refractivity contribution in [2.75, 3.05) is 42.7 Å². The first kappa shape index (κ1) is 19.3. The van der Waals surface area contributed by atoms with Crippen molar-refractivity contribution in [3.63, 3.8) is 0 Å². The molecule has 104 valence electrons. The van der Waals surface area contributed by atoms with Crippen LogP contribution in [0.2, 0.25) is 0 Å². The van der Waals surface area contributed by atoms with Gasteiger partial charge in [0.05, 0.1) is 0 Å². The van der Waals surface area contributed by atoms with E-state index in [0.29, 0.717) is 0 Å². The van der Waals surface area contributed by atoms with E-state index in [1.54, 1.807) is 14.2 Å². The van der Waals surface area contributed by atoms with Crippen LogP contribution in [-0.2, 0) is 27.2 Å². The Morgan fingerprint density at radius 1 is 0.824 bits per heavy atom. The summed E-state index contributed by atoms with van der Waals surface area (Å²) in [4.78, 5) is 0. The first-order valence-electron chi connectivity index (χ1n) is 4.98. The topological polar surface area (TPSA) is 55.4 Å². The van der Waals surface area contributed by atoms with Gasteiger partial charge in [-0.25, -0.2) is 0 Å². The third kappa shape index (κ3) is 8.63. The van der Waals surface area contributed by atoms with Crippen molar-refractivity contribution in [3.05, 3.63) is 11.8 Å². The summed E-state index contributed by atoms with van der Waals surface area (Å²) < 4.78 is 29.1. The van der Waals surface area contributed by atoms with Gasteiger partial charge in [0.2, 0.25) is 0 Å². The third-order valence-corrected chi connectivity index (χ3v) is 4.20. The van der Waals surface area contributed by atoms with Crippen LogP contribution in [0.5, 0.6) is 0 Å². The van der Waals surface area contributed by atoms with E-state index >= 15 is 0 Å². The molecule has 0 atom stereocenters. The fourth-order valence-electron chi connectivity index (χ4n) is 0.910. The van der Waals surface area contributed by atoms with Gasteiger partial charge in [-0.3, -0.25) is 0 Å². The lowest BCUT2D eigenvalue weighted by Gasteiger charge is -2.19. The van der Waals surface area contributed by atoms with Crippen LogP contribution in [0.1, 0.15) is 0 Å². The lowest BCUT2D eigenvalue weighted by Crippen LogP contribution is -2.45. The normalized spacial score (nSPS) is 11.9. The Hall–Kier alpha value is -0.0662. The van der Waals surface area contributed by atoms with Crippen LogP contribution >= 0.6 is 0 Å². The molecule has 0 aliphatic carbocycles. The van der Waals surface area contributed by atoms with Crippen LogP contribution in [0.4, 0.5) is 0 Å². The average Bonchev–Trinajstić information content (AvgIpc) is 2.40. The zero-order valence-electron chi connectivity index (χ0n) is 11.7. The number of hydrogen-bond acceptors (Lipinski definition) is 6. The molecule has 0 heterocycles. The van der Waals surface area contributed by atoms with Crippen molar-refractivity contribution in [1.29, 1.82) is 0 Å². The summed E-state index contributed by atoms with van der Waals surface area (Å²) in [5.41, 5.74) is 2.03. The predicted molar refractivity (Wildman–Crippen MR) is 70.7 cm³/mol. The van der Waals surface area contributed by atoms with E-state index in [9.17, 15) is 0 Å². The van der Waals surface area contributed by atoms with Crippen molar-refractivity contribution < 1.29 is 27.2 Å². The van der Waals surface area contributed by atoms with E-state index in [1.165, 1.54) is 28.4 Å². The molecule has 0 radical (unpaired) electrons. The van der Waals surface area contributed by atoms with E-state index in [4.69, 9.17) is 27.2 Å². The molecule has 17 heavy (non-hydrogen) atoms. The fourth-order valence-corrected chi connectivity index (χ4v) is 2.22. The summed E-state index contributed by atoms with van der Waals surface area (Å²) in [6, 6.07) is 0. The van der Waals surface area contributed by atoms with Crippen LogP contribution < -0.4 is 0 Å². The fraction of sp³-hybridized carbons (Fsp3) is 0.778. The molecule has 0 saturated heterocycles. The second-order valence-corrected chi connectivity index (χ2v) is 5.98. The second-order valence-electron chi connectivity index (χ2n) is 2.68. The zero-order chi connectivity index (χ0) is 13.7. The van der Waals surface area contributed by atoms with Crippen molar-refractivity contribution in [1.82, 2.24) is 0 Å². The maximum absolute atomic E-state index is 4.86. The Morgan fingerprint density at radius 3 is 1.24 bits per heavy atom. The smallest absolute Gasteiger partial charge is 0.355 e. The average molecular weight is 284 g/mol. The van der Waals surface area contributed by atoms with Crippen molar-refractivity contribution >= 4 is 19.3 Å². The van der Waals surface area contributed by atoms with Gasteiger partial charge in [0.1, 0.15) is 0 Å². The first-order chi connectivity index (χ1) is 8.09. The number of hydrogen-bond donors (Lipinski definition) is 0. The van der Waals surface area contributed by atoms with E-state index in [1.807, 2.05) is 11.8 Å². The van der Waals surface area contributed by atoms with E-state index in [2.05, 4.69) is 0 Å². The van der Waals surface area contributed by atoms with Gasteiger partial charge in [0.25, 0.3) is 0 Å². The highest BCUT2D eigenvalue weighted by atomic mass is 28.4. The second kappa shape index (κ2) is 12.4. The Kier molecular flexibility index (Phi) is 14.1. The molecule has 0 fully saturated rings. The summed E-state index contributed by atoms with van der Waals surface area (Å²) in [5, 5.41) is 0. The monoisotopic (exact) mass is 284 g/mol. The Bertz CT molecular complexity index is 165. The van der Waals surface area contributed by atoms with Crippen LogP contribution in [0, 0.1) is 0 Å². The molecule has 0 spiro atoms. The molecule has 0 aliphatic heterocycles. The molecule has 6 nitrogen and oxygen atoms in total. The minimum atomic E-state index is -2.69. The summed E-state index contributed by atoms with van der Waals surface area (Å²) in [7, 11) is 7.56. The number of rotatable bonds is 7. The third-order valence-electron chi connectivity index (χ3n) is 1.81. The van der Waals surface area contributed by atoms with Gasteiger partial charge in [-0.2, -0.15) is 0 Å². The maximum atomic E-state index is 4.86. The summed E-state index contributed by atoms with van der Waals surface area (Å²) in [6.45, 7) is 0. The molecule has 0 amide bonds. The summed E-state index contributed by atoms with van der Waals surface area (Å²) in [6.07, 6.45) is 1.75. The molecule has 0 aromatic carbocycles. The Labute approximate surface area is 108 Å². The SMILES string of the molecule is COC(C=C[SiH3])OC.CO[Si](OC)(OC)OC. The summed E-state index contributed by atoms with van der Waals surface area (Å²) in [5.74, 6) is 0. The lowest BCUT2D eigenvalue weighted by atomic mass is 10.6. The van der Waals surface area contributed by atoms with E-state index < -0.39 is 9.05 Å².